The molecule has 0 saturated carbocycles. The lowest BCUT2D eigenvalue weighted by Crippen LogP contribution is -2.29. The van der Waals surface area contributed by atoms with Gasteiger partial charge in [-0.15, -0.1) is 0 Å². The van der Waals surface area contributed by atoms with Crippen molar-refractivity contribution >= 4 is 15.9 Å². The van der Waals surface area contributed by atoms with Gasteiger partial charge in [-0.1, -0.05) is 0 Å². The molecule has 0 unspecified atom stereocenters. The van der Waals surface area contributed by atoms with E-state index >= 15 is 0 Å². The van der Waals surface area contributed by atoms with Crippen molar-refractivity contribution < 1.29 is 4.74 Å². The van der Waals surface area contributed by atoms with E-state index in [9.17, 15) is 0 Å². The summed E-state index contributed by atoms with van der Waals surface area (Å²) in [6, 6.07) is 4.00. The molecule has 1 saturated heterocycles. The Morgan fingerprint density at radius 2 is 2.44 bits per heavy atom. The van der Waals surface area contributed by atoms with Gasteiger partial charge in [0.2, 0.25) is 0 Å². The fraction of sp³-hybridized carbons (Fsp3) is 0.643. The quantitative estimate of drug-likeness (QED) is 0.647. The first-order valence-corrected chi connectivity index (χ1v) is 7.53. The number of nitrogens with zero attached hydrogens (tertiary/aromatic N) is 1. The van der Waals surface area contributed by atoms with Crippen molar-refractivity contribution in [3.63, 3.8) is 0 Å². The summed E-state index contributed by atoms with van der Waals surface area (Å²) in [4.78, 5) is 4.10. The molecule has 0 aliphatic carbocycles. The van der Waals surface area contributed by atoms with E-state index in [1.165, 1.54) is 44.3 Å². The minimum Gasteiger partial charge on any atom is -0.377 e. The van der Waals surface area contributed by atoms with Gasteiger partial charge in [-0.3, -0.25) is 0 Å². The first-order chi connectivity index (χ1) is 8.84. The molecule has 1 aliphatic heterocycles. The van der Waals surface area contributed by atoms with E-state index in [0.29, 0.717) is 6.61 Å². The summed E-state index contributed by atoms with van der Waals surface area (Å²) in [5.41, 5.74) is 1.18. The molecule has 18 heavy (non-hydrogen) atoms. The number of rotatable bonds is 6. The van der Waals surface area contributed by atoms with Gasteiger partial charge in [-0.25, -0.2) is 4.98 Å². The van der Waals surface area contributed by atoms with Crippen LogP contribution in [-0.2, 0) is 11.3 Å². The van der Waals surface area contributed by atoms with E-state index in [-0.39, 0.29) is 0 Å². The highest BCUT2D eigenvalue weighted by atomic mass is 79.9. The first-order valence-electron chi connectivity index (χ1n) is 6.73. The third-order valence-corrected chi connectivity index (χ3v) is 3.79. The summed E-state index contributed by atoms with van der Waals surface area (Å²) in [5, 5.41) is 3.45. The molecule has 1 aromatic rings. The van der Waals surface area contributed by atoms with E-state index in [2.05, 4.69) is 26.2 Å². The van der Waals surface area contributed by atoms with Crippen LogP contribution < -0.4 is 5.32 Å². The maximum Gasteiger partial charge on any atom is 0.106 e. The zero-order valence-electron chi connectivity index (χ0n) is 10.7. The normalized spacial score (nSPS) is 19.9. The topological polar surface area (TPSA) is 34.1 Å². The van der Waals surface area contributed by atoms with Crippen LogP contribution in [0.15, 0.2) is 22.9 Å². The number of hydrogen-bond acceptors (Lipinski definition) is 3. The summed E-state index contributed by atoms with van der Waals surface area (Å²) < 4.78 is 6.57. The Labute approximate surface area is 117 Å². The van der Waals surface area contributed by atoms with Gasteiger partial charge < -0.3 is 10.1 Å². The molecule has 3 nitrogen and oxygen atoms in total. The van der Waals surface area contributed by atoms with E-state index < -0.39 is 0 Å². The minimum absolute atomic E-state index is 0.685. The minimum atomic E-state index is 0.685. The van der Waals surface area contributed by atoms with E-state index in [1.807, 2.05) is 12.1 Å². The molecule has 100 valence electrons. The van der Waals surface area contributed by atoms with Gasteiger partial charge in [0, 0.05) is 12.8 Å². The molecule has 0 bridgehead atoms. The maximum absolute atomic E-state index is 5.70. The van der Waals surface area contributed by atoms with Crippen molar-refractivity contribution in [1.82, 2.24) is 10.3 Å². The Balaban J connectivity index is 1.55. The van der Waals surface area contributed by atoms with Gasteiger partial charge in [0.1, 0.15) is 4.60 Å². The van der Waals surface area contributed by atoms with Crippen molar-refractivity contribution in [3.8, 4) is 0 Å². The summed E-state index contributed by atoms with van der Waals surface area (Å²) in [6.07, 6.45) is 6.96. The molecule has 1 aliphatic rings. The van der Waals surface area contributed by atoms with Crippen molar-refractivity contribution in [2.45, 2.75) is 32.3 Å². The second-order valence-corrected chi connectivity index (χ2v) is 5.71. The molecule has 2 heterocycles. The Hall–Kier alpha value is -0.450. The molecule has 4 heteroatoms. The predicted octanol–water partition coefficient (Wildman–Crippen LogP) is 3.14. The Morgan fingerprint density at radius 3 is 3.22 bits per heavy atom. The van der Waals surface area contributed by atoms with Crippen LogP contribution in [0, 0.1) is 5.92 Å². The fourth-order valence-electron chi connectivity index (χ4n) is 2.37. The SMILES string of the molecule is Brc1cc(COCCC[C@H]2CCCNC2)ccn1. The summed E-state index contributed by atoms with van der Waals surface area (Å²) in [7, 11) is 0. The molecule has 0 amide bonds. The molecule has 0 radical (unpaired) electrons. The smallest absolute Gasteiger partial charge is 0.106 e. The zero-order valence-corrected chi connectivity index (χ0v) is 12.3. The number of aromatic nitrogens is 1. The van der Waals surface area contributed by atoms with Gasteiger partial charge in [-0.05, 0) is 78.3 Å². The lowest BCUT2D eigenvalue weighted by Gasteiger charge is -2.22. The molecule has 1 atom stereocenters. The van der Waals surface area contributed by atoms with E-state index in [1.54, 1.807) is 6.20 Å². The van der Waals surface area contributed by atoms with Crippen LogP contribution in [0.1, 0.15) is 31.2 Å². The molecular formula is C14H21BrN2O. The van der Waals surface area contributed by atoms with Crippen molar-refractivity contribution in [3.05, 3.63) is 28.5 Å². The number of ether oxygens (including phenoxy) is 1. The van der Waals surface area contributed by atoms with Crippen LogP contribution in [0.2, 0.25) is 0 Å². The molecule has 1 fully saturated rings. The zero-order chi connectivity index (χ0) is 12.6. The number of pyridine rings is 1. The predicted molar refractivity (Wildman–Crippen MR) is 76.4 cm³/mol. The second kappa shape index (κ2) is 7.87. The summed E-state index contributed by atoms with van der Waals surface area (Å²) in [6.45, 7) is 3.93. The number of hydrogen-bond donors (Lipinski definition) is 1. The average molecular weight is 313 g/mol. The van der Waals surface area contributed by atoms with Gasteiger partial charge >= 0.3 is 0 Å². The lowest BCUT2D eigenvalue weighted by atomic mass is 9.95. The third kappa shape index (κ3) is 5.04. The van der Waals surface area contributed by atoms with Crippen LogP contribution in [0.3, 0.4) is 0 Å². The highest BCUT2D eigenvalue weighted by molar-refractivity contribution is 9.10. The largest absolute Gasteiger partial charge is 0.377 e. The van der Waals surface area contributed by atoms with Crippen LogP contribution in [0.4, 0.5) is 0 Å². The van der Waals surface area contributed by atoms with Gasteiger partial charge in [0.25, 0.3) is 0 Å². The fourth-order valence-corrected chi connectivity index (χ4v) is 2.78. The van der Waals surface area contributed by atoms with E-state index in [0.717, 1.165) is 17.1 Å². The second-order valence-electron chi connectivity index (χ2n) is 4.89. The molecule has 0 spiro atoms. The Bertz CT molecular complexity index is 353. The molecular weight excluding hydrogens is 292 g/mol. The molecule has 0 aromatic carbocycles. The van der Waals surface area contributed by atoms with Crippen molar-refractivity contribution in [1.29, 1.82) is 0 Å². The Morgan fingerprint density at radius 1 is 1.50 bits per heavy atom. The third-order valence-electron chi connectivity index (χ3n) is 3.36. The van der Waals surface area contributed by atoms with Crippen molar-refractivity contribution in [2.24, 2.45) is 5.92 Å². The van der Waals surface area contributed by atoms with Gasteiger partial charge in [0.15, 0.2) is 0 Å². The van der Waals surface area contributed by atoms with Crippen LogP contribution >= 0.6 is 15.9 Å². The molecule has 1 aromatic heterocycles. The van der Waals surface area contributed by atoms with Crippen LogP contribution in [0.5, 0.6) is 0 Å². The Kier molecular flexibility index (Phi) is 6.11. The standard InChI is InChI=1S/C14H21BrN2O/c15-14-9-13(5-7-17-14)11-18-8-2-4-12-3-1-6-16-10-12/h5,7,9,12,16H,1-4,6,8,10-11H2/t12-/m1/s1. The summed E-state index contributed by atoms with van der Waals surface area (Å²) in [5.74, 6) is 0.859. The monoisotopic (exact) mass is 312 g/mol. The van der Waals surface area contributed by atoms with Crippen LogP contribution in [0.25, 0.3) is 0 Å². The molecule has 1 N–H and O–H groups in total. The first kappa shape index (κ1) is 14.0. The number of piperidine rings is 1. The maximum atomic E-state index is 5.70. The van der Waals surface area contributed by atoms with E-state index in [4.69, 9.17) is 4.74 Å². The average Bonchev–Trinajstić information content (AvgIpc) is 2.40. The van der Waals surface area contributed by atoms with Crippen LogP contribution in [-0.4, -0.2) is 24.7 Å². The highest BCUT2D eigenvalue weighted by Gasteiger charge is 2.11. The molecule has 2 rings (SSSR count). The number of nitrogens with one attached hydrogen (secondary N) is 1. The number of halogens is 1. The summed E-state index contributed by atoms with van der Waals surface area (Å²) >= 11 is 3.36. The lowest BCUT2D eigenvalue weighted by molar-refractivity contribution is 0.112. The van der Waals surface area contributed by atoms with Gasteiger partial charge in [-0.2, -0.15) is 0 Å². The van der Waals surface area contributed by atoms with Crippen molar-refractivity contribution in [2.75, 3.05) is 19.7 Å². The van der Waals surface area contributed by atoms with Gasteiger partial charge in [0.05, 0.1) is 6.61 Å². The highest BCUT2D eigenvalue weighted by Crippen LogP contribution is 2.16.